The van der Waals surface area contributed by atoms with Crippen LogP contribution in [0.4, 0.5) is 0 Å². The Kier molecular flexibility index (Phi) is 3.99. The molecule has 0 aliphatic heterocycles. The summed E-state index contributed by atoms with van der Waals surface area (Å²) >= 11 is 0. The highest BCUT2D eigenvalue weighted by molar-refractivity contribution is 5.66. The molecule has 0 aromatic carbocycles. The van der Waals surface area contributed by atoms with E-state index in [4.69, 9.17) is 15.3 Å². The van der Waals surface area contributed by atoms with Gasteiger partial charge in [0.2, 0.25) is 0 Å². The summed E-state index contributed by atoms with van der Waals surface area (Å²) in [7, 11) is 0. The normalized spacial score (nSPS) is 16.3. The highest BCUT2D eigenvalue weighted by Crippen LogP contribution is 2.01. The number of hydrogen-bond acceptors (Lipinski definition) is 3. The molecule has 2 atom stereocenters. The maximum Gasteiger partial charge on any atom is 0.303 e. The topological polar surface area (TPSA) is 77.8 Å². The summed E-state index contributed by atoms with van der Waals surface area (Å²) in [6.07, 6.45) is -1.77. The number of carbonyl (C=O) groups is 1. The second-order valence-corrected chi connectivity index (χ2v) is 2.24. The first kappa shape index (κ1) is 9.39. The van der Waals surface area contributed by atoms with Crippen LogP contribution in [0.1, 0.15) is 19.8 Å². The summed E-state index contributed by atoms with van der Waals surface area (Å²) < 4.78 is 0. The van der Waals surface area contributed by atoms with E-state index in [1.807, 2.05) is 0 Å². The van der Waals surface area contributed by atoms with Gasteiger partial charge in [0.15, 0.2) is 0 Å². The van der Waals surface area contributed by atoms with Crippen molar-refractivity contribution >= 4 is 5.97 Å². The predicted molar refractivity (Wildman–Crippen MR) is 34.6 cm³/mol. The van der Waals surface area contributed by atoms with Crippen LogP contribution in [0.5, 0.6) is 0 Å². The zero-order valence-corrected chi connectivity index (χ0v) is 5.82. The Morgan fingerprint density at radius 2 is 2.00 bits per heavy atom. The lowest BCUT2D eigenvalue weighted by Crippen LogP contribution is -2.23. The van der Waals surface area contributed by atoms with Gasteiger partial charge in [-0.3, -0.25) is 4.79 Å². The van der Waals surface area contributed by atoms with Crippen molar-refractivity contribution in [3.05, 3.63) is 0 Å². The average Bonchev–Trinajstić information content (AvgIpc) is 1.82. The minimum absolute atomic E-state index is 0.104. The summed E-state index contributed by atoms with van der Waals surface area (Å²) in [5.41, 5.74) is 0. The van der Waals surface area contributed by atoms with Gasteiger partial charge < -0.3 is 15.3 Å². The molecule has 0 aliphatic carbocycles. The molecule has 4 nitrogen and oxygen atoms in total. The second-order valence-electron chi connectivity index (χ2n) is 2.24. The summed E-state index contributed by atoms with van der Waals surface area (Å²) in [5.74, 6) is -0.959. The molecule has 3 N–H and O–H groups in total. The lowest BCUT2D eigenvalue weighted by atomic mass is 10.1. The molecular weight excluding hydrogens is 136 g/mol. The van der Waals surface area contributed by atoms with Crippen molar-refractivity contribution in [1.82, 2.24) is 0 Å². The van der Waals surface area contributed by atoms with Gasteiger partial charge in [-0.25, -0.2) is 0 Å². The van der Waals surface area contributed by atoms with E-state index < -0.39 is 18.2 Å². The standard InChI is InChI=1S/C6H12O4/c1-4(7)5(8)2-3-6(9)10/h4-5,7-8H,2-3H2,1H3,(H,9,10)/t4-,5-/m0/s1. The Bertz CT molecular complexity index is 110. The van der Waals surface area contributed by atoms with Gasteiger partial charge in [0.05, 0.1) is 12.2 Å². The molecular formula is C6H12O4. The van der Waals surface area contributed by atoms with Gasteiger partial charge in [0.1, 0.15) is 0 Å². The fourth-order valence-corrected chi connectivity index (χ4v) is 0.513. The van der Waals surface area contributed by atoms with E-state index in [9.17, 15) is 4.79 Å². The molecule has 0 saturated heterocycles. The van der Waals surface area contributed by atoms with Crippen molar-refractivity contribution < 1.29 is 20.1 Å². The van der Waals surface area contributed by atoms with E-state index in [0.29, 0.717) is 0 Å². The molecule has 0 rings (SSSR count). The first-order chi connectivity index (χ1) is 4.54. The molecule has 0 amide bonds. The van der Waals surface area contributed by atoms with Crippen LogP contribution in [0.25, 0.3) is 0 Å². The zero-order chi connectivity index (χ0) is 8.15. The van der Waals surface area contributed by atoms with Crippen LogP contribution >= 0.6 is 0 Å². The number of aliphatic hydroxyl groups excluding tert-OH is 2. The molecule has 0 aromatic heterocycles. The SMILES string of the molecule is C[C@H](O)[C@@H](O)CCC(=O)O. The maximum absolute atomic E-state index is 9.93. The maximum atomic E-state index is 9.93. The molecule has 0 fully saturated rings. The van der Waals surface area contributed by atoms with Crippen LogP contribution in [0.2, 0.25) is 0 Å². The van der Waals surface area contributed by atoms with Gasteiger partial charge in [-0.1, -0.05) is 0 Å². The van der Waals surface area contributed by atoms with Gasteiger partial charge in [-0.15, -0.1) is 0 Å². The first-order valence-electron chi connectivity index (χ1n) is 3.12. The molecule has 0 bridgehead atoms. The molecule has 0 radical (unpaired) electrons. The van der Waals surface area contributed by atoms with Gasteiger partial charge in [0, 0.05) is 6.42 Å². The van der Waals surface area contributed by atoms with Crippen LogP contribution < -0.4 is 0 Å². The minimum atomic E-state index is -0.959. The molecule has 0 unspecified atom stereocenters. The van der Waals surface area contributed by atoms with Crippen molar-refractivity contribution in [2.45, 2.75) is 32.0 Å². The number of carboxylic acids is 1. The highest BCUT2D eigenvalue weighted by atomic mass is 16.4. The van der Waals surface area contributed by atoms with E-state index in [1.54, 1.807) is 0 Å². The van der Waals surface area contributed by atoms with Crippen LogP contribution in [0.15, 0.2) is 0 Å². The van der Waals surface area contributed by atoms with Crippen molar-refractivity contribution in [2.75, 3.05) is 0 Å². The first-order valence-corrected chi connectivity index (χ1v) is 3.12. The van der Waals surface area contributed by atoms with Crippen molar-refractivity contribution in [2.24, 2.45) is 0 Å². The third-order valence-electron chi connectivity index (χ3n) is 1.21. The smallest absolute Gasteiger partial charge is 0.303 e. The van der Waals surface area contributed by atoms with Gasteiger partial charge in [0.25, 0.3) is 0 Å². The third-order valence-corrected chi connectivity index (χ3v) is 1.21. The Labute approximate surface area is 59.1 Å². The molecule has 0 saturated carbocycles. The summed E-state index contributed by atoms with van der Waals surface area (Å²) in [4.78, 5) is 9.93. The lowest BCUT2D eigenvalue weighted by molar-refractivity contribution is -0.137. The quantitative estimate of drug-likeness (QED) is 0.506. The van der Waals surface area contributed by atoms with Gasteiger partial charge >= 0.3 is 5.97 Å². The third kappa shape index (κ3) is 4.29. The van der Waals surface area contributed by atoms with E-state index in [2.05, 4.69) is 0 Å². The average molecular weight is 148 g/mol. The Morgan fingerprint density at radius 1 is 1.50 bits per heavy atom. The van der Waals surface area contributed by atoms with Gasteiger partial charge in [-0.05, 0) is 13.3 Å². The largest absolute Gasteiger partial charge is 0.481 e. The molecule has 4 heteroatoms. The fourth-order valence-electron chi connectivity index (χ4n) is 0.513. The van der Waals surface area contributed by atoms with Crippen LogP contribution in [0, 0.1) is 0 Å². The molecule has 0 heterocycles. The van der Waals surface area contributed by atoms with Crippen molar-refractivity contribution in [3.8, 4) is 0 Å². The number of aliphatic carboxylic acids is 1. The highest BCUT2D eigenvalue weighted by Gasteiger charge is 2.11. The zero-order valence-electron chi connectivity index (χ0n) is 5.82. The Morgan fingerprint density at radius 3 is 2.30 bits per heavy atom. The van der Waals surface area contributed by atoms with E-state index in [1.165, 1.54) is 6.92 Å². The number of carboxylic acid groups (broad SMARTS) is 1. The molecule has 0 aliphatic rings. The van der Waals surface area contributed by atoms with E-state index in [0.717, 1.165) is 0 Å². The predicted octanol–water partition coefficient (Wildman–Crippen LogP) is -0.407. The molecule has 0 aromatic rings. The fraction of sp³-hybridized carbons (Fsp3) is 0.833. The molecule has 10 heavy (non-hydrogen) atoms. The summed E-state index contributed by atoms with van der Waals surface area (Å²) in [6.45, 7) is 1.42. The number of aliphatic hydroxyl groups is 2. The second kappa shape index (κ2) is 4.24. The molecule has 60 valence electrons. The Hall–Kier alpha value is -0.610. The molecule has 0 spiro atoms. The monoisotopic (exact) mass is 148 g/mol. The van der Waals surface area contributed by atoms with Crippen molar-refractivity contribution in [3.63, 3.8) is 0 Å². The minimum Gasteiger partial charge on any atom is -0.481 e. The van der Waals surface area contributed by atoms with Crippen LogP contribution in [0.3, 0.4) is 0 Å². The van der Waals surface area contributed by atoms with Crippen molar-refractivity contribution in [1.29, 1.82) is 0 Å². The van der Waals surface area contributed by atoms with Crippen LogP contribution in [-0.2, 0) is 4.79 Å². The number of rotatable bonds is 4. The number of hydrogen-bond donors (Lipinski definition) is 3. The van der Waals surface area contributed by atoms with E-state index >= 15 is 0 Å². The summed E-state index contributed by atoms with van der Waals surface area (Å²) in [6, 6.07) is 0. The van der Waals surface area contributed by atoms with E-state index in [-0.39, 0.29) is 12.8 Å². The summed E-state index contributed by atoms with van der Waals surface area (Å²) in [5, 5.41) is 25.7. The lowest BCUT2D eigenvalue weighted by Gasteiger charge is -2.10. The Balaban J connectivity index is 3.39. The van der Waals surface area contributed by atoms with Crippen LogP contribution in [-0.4, -0.2) is 33.5 Å². The van der Waals surface area contributed by atoms with Gasteiger partial charge in [-0.2, -0.15) is 0 Å².